The Labute approximate surface area is 141 Å². The third-order valence-electron chi connectivity index (χ3n) is 5.37. The first-order chi connectivity index (χ1) is 11.4. The minimum atomic E-state index is -2.81. The Bertz CT molecular complexity index is 894. The highest BCUT2D eigenvalue weighted by atomic mass is 32.2. The lowest BCUT2D eigenvalue weighted by Crippen LogP contribution is -2.55. The Balaban J connectivity index is 1.43. The Kier molecular flexibility index (Phi) is 3.46. The summed E-state index contributed by atoms with van der Waals surface area (Å²) in [6.45, 7) is 3.32. The van der Waals surface area contributed by atoms with Gasteiger partial charge in [0.05, 0.1) is 23.6 Å². The van der Waals surface area contributed by atoms with Crippen molar-refractivity contribution in [2.45, 2.75) is 26.2 Å². The lowest BCUT2D eigenvalue weighted by Gasteiger charge is -2.47. The van der Waals surface area contributed by atoms with Crippen LogP contribution in [0.5, 0.6) is 0 Å². The summed E-state index contributed by atoms with van der Waals surface area (Å²) in [7, 11) is -2.81. The van der Waals surface area contributed by atoms with Crippen molar-refractivity contribution in [3.8, 4) is 0 Å². The smallest absolute Gasteiger partial charge is 0.228 e. The van der Waals surface area contributed by atoms with Crippen LogP contribution in [0.25, 0.3) is 5.65 Å². The average molecular weight is 347 g/mol. The Hall–Kier alpha value is -1.89. The number of nitrogens with zero attached hydrogens (tertiary/aromatic N) is 3. The number of piperidine rings is 1. The molecule has 1 spiro atoms. The number of carbonyl (C=O) groups is 1. The van der Waals surface area contributed by atoms with Crippen LogP contribution in [0.2, 0.25) is 0 Å². The zero-order chi connectivity index (χ0) is 16.9. The number of imidazole rings is 1. The van der Waals surface area contributed by atoms with Gasteiger partial charge in [-0.3, -0.25) is 4.79 Å². The van der Waals surface area contributed by atoms with E-state index in [0.29, 0.717) is 31.0 Å². The van der Waals surface area contributed by atoms with Gasteiger partial charge in [-0.1, -0.05) is 6.07 Å². The van der Waals surface area contributed by atoms with Crippen molar-refractivity contribution >= 4 is 21.4 Å². The van der Waals surface area contributed by atoms with Gasteiger partial charge in [-0.15, -0.1) is 0 Å². The summed E-state index contributed by atoms with van der Waals surface area (Å²) in [5, 5.41) is 0. The molecule has 2 aromatic heterocycles. The summed E-state index contributed by atoms with van der Waals surface area (Å²) >= 11 is 0. The van der Waals surface area contributed by atoms with Crippen LogP contribution in [0, 0.1) is 12.3 Å². The standard InChI is InChI=1S/C17H21N3O3S/c1-13-3-2-6-20-14(10-18-16(13)20)9-15(21)19-7-4-17(5-8-19)11-24(22,23)12-17/h2-3,6,10H,4-5,7-9,11-12H2,1H3. The van der Waals surface area contributed by atoms with Crippen LogP contribution in [0.3, 0.4) is 0 Å². The number of hydrogen-bond acceptors (Lipinski definition) is 4. The molecule has 0 radical (unpaired) electrons. The van der Waals surface area contributed by atoms with Gasteiger partial charge in [0.15, 0.2) is 9.84 Å². The van der Waals surface area contributed by atoms with Crippen molar-refractivity contribution in [3.05, 3.63) is 35.8 Å². The molecule has 2 saturated heterocycles. The molecule has 0 unspecified atom stereocenters. The van der Waals surface area contributed by atoms with Crippen LogP contribution in [-0.4, -0.2) is 53.2 Å². The van der Waals surface area contributed by atoms with Crippen molar-refractivity contribution in [2.24, 2.45) is 5.41 Å². The van der Waals surface area contributed by atoms with Crippen molar-refractivity contribution < 1.29 is 13.2 Å². The predicted octanol–water partition coefficient (Wildman–Crippen LogP) is 1.22. The van der Waals surface area contributed by atoms with E-state index >= 15 is 0 Å². The second-order valence-electron chi connectivity index (χ2n) is 7.22. The van der Waals surface area contributed by atoms with E-state index in [1.165, 1.54) is 0 Å². The predicted molar refractivity (Wildman–Crippen MR) is 90.5 cm³/mol. The molecule has 4 heterocycles. The van der Waals surface area contributed by atoms with E-state index in [1.54, 1.807) is 6.20 Å². The topological polar surface area (TPSA) is 71.8 Å². The Morgan fingerprint density at radius 2 is 2.00 bits per heavy atom. The molecule has 0 atom stereocenters. The summed E-state index contributed by atoms with van der Waals surface area (Å²) in [6, 6.07) is 3.96. The van der Waals surface area contributed by atoms with Gasteiger partial charge in [0.2, 0.25) is 5.91 Å². The van der Waals surface area contributed by atoms with Gasteiger partial charge in [-0.05, 0) is 31.4 Å². The van der Waals surface area contributed by atoms with Gasteiger partial charge < -0.3 is 9.30 Å². The van der Waals surface area contributed by atoms with E-state index in [4.69, 9.17) is 0 Å². The van der Waals surface area contributed by atoms with E-state index < -0.39 is 9.84 Å². The molecule has 2 fully saturated rings. The van der Waals surface area contributed by atoms with E-state index in [-0.39, 0.29) is 11.3 Å². The second-order valence-corrected chi connectivity index (χ2v) is 9.29. The lowest BCUT2D eigenvalue weighted by molar-refractivity contribution is -0.132. The molecule has 2 aliphatic heterocycles. The van der Waals surface area contributed by atoms with E-state index in [0.717, 1.165) is 29.7 Å². The van der Waals surface area contributed by atoms with Gasteiger partial charge in [-0.2, -0.15) is 0 Å². The Morgan fingerprint density at radius 1 is 1.29 bits per heavy atom. The van der Waals surface area contributed by atoms with E-state index in [2.05, 4.69) is 4.98 Å². The molecule has 0 aromatic carbocycles. The number of amides is 1. The summed E-state index contributed by atoms with van der Waals surface area (Å²) in [4.78, 5) is 18.9. The van der Waals surface area contributed by atoms with Gasteiger partial charge >= 0.3 is 0 Å². The molecule has 0 N–H and O–H groups in total. The van der Waals surface area contributed by atoms with Crippen LogP contribution in [-0.2, 0) is 21.1 Å². The number of aryl methyl sites for hydroxylation is 1. The first-order valence-corrected chi connectivity index (χ1v) is 10.1. The second kappa shape index (κ2) is 5.31. The highest BCUT2D eigenvalue weighted by Gasteiger charge is 2.49. The van der Waals surface area contributed by atoms with Crippen molar-refractivity contribution in [3.63, 3.8) is 0 Å². The SMILES string of the molecule is Cc1cccn2c(CC(=O)N3CCC4(CC3)CS(=O)(=O)C4)cnc12. The minimum Gasteiger partial charge on any atom is -0.342 e. The molecular formula is C17H21N3O3S. The Morgan fingerprint density at radius 3 is 2.67 bits per heavy atom. The third kappa shape index (κ3) is 2.60. The highest BCUT2D eigenvalue weighted by Crippen LogP contribution is 2.42. The summed E-state index contributed by atoms with van der Waals surface area (Å²) in [5.41, 5.74) is 2.81. The molecule has 4 rings (SSSR count). The minimum absolute atomic E-state index is 0.0595. The van der Waals surface area contributed by atoms with Crippen molar-refractivity contribution in [1.29, 1.82) is 0 Å². The molecule has 0 aliphatic carbocycles. The summed E-state index contributed by atoms with van der Waals surface area (Å²) in [6.07, 6.45) is 5.62. The number of rotatable bonds is 2. The van der Waals surface area contributed by atoms with Crippen LogP contribution in [0.4, 0.5) is 0 Å². The number of sulfone groups is 1. The quantitative estimate of drug-likeness (QED) is 0.819. The summed E-state index contributed by atoms with van der Waals surface area (Å²) < 4.78 is 24.9. The molecule has 1 amide bonds. The number of aromatic nitrogens is 2. The fraction of sp³-hybridized carbons (Fsp3) is 0.529. The highest BCUT2D eigenvalue weighted by molar-refractivity contribution is 7.92. The first-order valence-electron chi connectivity index (χ1n) is 8.27. The number of hydrogen-bond donors (Lipinski definition) is 0. The lowest BCUT2D eigenvalue weighted by atomic mass is 9.81. The third-order valence-corrected chi connectivity index (χ3v) is 7.47. The monoisotopic (exact) mass is 347 g/mol. The van der Waals surface area contributed by atoms with Gasteiger partial charge in [0.25, 0.3) is 0 Å². The molecule has 0 saturated carbocycles. The molecule has 24 heavy (non-hydrogen) atoms. The van der Waals surface area contributed by atoms with Gasteiger partial charge in [0.1, 0.15) is 5.65 Å². The fourth-order valence-electron chi connectivity index (χ4n) is 4.01. The fourth-order valence-corrected chi connectivity index (χ4v) is 6.37. The van der Waals surface area contributed by atoms with E-state index in [9.17, 15) is 13.2 Å². The molecular weight excluding hydrogens is 326 g/mol. The number of pyridine rings is 1. The van der Waals surface area contributed by atoms with E-state index in [1.807, 2.05) is 34.6 Å². The maximum atomic E-state index is 12.6. The number of fused-ring (bicyclic) bond motifs is 1. The normalized spacial score (nSPS) is 21.8. The zero-order valence-electron chi connectivity index (χ0n) is 13.7. The zero-order valence-corrected chi connectivity index (χ0v) is 14.6. The first kappa shape index (κ1) is 15.6. The average Bonchev–Trinajstić information content (AvgIpc) is 2.90. The van der Waals surface area contributed by atoms with Gasteiger partial charge in [0, 0.05) is 30.9 Å². The molecule has 7 heteroatoms. The maximum absolute atomic E-state index is 12.6. The molecule has 6 nitrogen and oxygen atoms in total. The molecule has 2 aromatic rings. The molecule has 2 aliphatic rings. The molecule has 0 bridgehead atoms. The van der Waals surface area contributed by atoms with Crippen LogP contribution < -0.4 is 0 Å². The van der Waals surface area contributed by atoms with Gasteiger partial charge in [-0.25, -0.2) is 13.4 Å². The summed E-state index contributed by atoms with van der Waals surface area (Å²) in [5.74, 6) is 0.693. The van der Waals surface area contributed by atoms with Crippen LogP contribution in [0.15, 0.2) is 24.5 Å². The van der Waals surface area contributed by atoms with Crippen LogP contribution in [0.1, 0.15) is 24.1 Å². The number of likely N-dealkylation sites (tertiary alicyclic amines) is 1. The van der Waals surface area contributed by atoms with Crippen molar-refractivity contribution in [1.82, 2.24) is 14.3 Å². The van der Waals surface area contributed by atoms with Crippen LogP contribution >= 0.6 is 0 Å². The largest absolute Gasteiger partial charge is 0.342 e. The van der Waals surface area contributed by atoms with Crippen molar-refractivity contribution in [2.75, 3.05) is 24.6 Å². The number of carbonyl (C=O) groups excluding carboxylic acids is 1. The molecule has 128 valence electrons. The maximum Gasteiger partial charge on any atom is 0.228 e.